The van der Waals surface area contributed by atoms with Gasteiger partial charge in [-0.3, -0.25) is 4.79 Å². The maximum atomic E-state index is 11.1. The predicted molar refractivity (Wildman–Crippen MR) is 141 cm³/mol. The highest BCUT2D eigenvalue weighted by Crippen LogP contribution is 2.33. The number of hydrogen-bond donors (Lipinski definition) is 0. The Morgan fingerprint density at radius 1 is 0.897 bits per heavy atom. The van der Waals surface area contributed by atoms with Gasteiger partial charge in [-0.25, -0.2) is 0 Å². The standard InChI is InChI=1S/C23H45IO3Si2/c1-9-28(10-2,11-3)26-22(16-15-20(7)19-25)21(8)23(17-18-24)27-29(12-4,13-5)14-6/h15,17-19,21-23H,9-14,16H2,1-8H3/b18-17-,20-15+/t21-,22-,23-/m1/s1. The first-order valence-corrected chi connectivity index (χ1v) is 17.8. The van der Waals surface area contributed by atoms with E-state index >= 15 is 0 Å². The maximum absolute atomic E-state index is 11.1. The topological polar surface area (TPSA) is 35.5 Å². The quantitative estimate of drug-likeness (QED) is 0.0846. The lowest BCUT2D eigenvalue weighted by molar-refractivity contribution is -0.104. The first-order chi connectivity index (χ1) is 13.8. The Morgan fingerprint density at radius 3 is 1.72 bits per heavy atom. The minimum absolute atomic E-state index is 0.0608. The Labute approximate surface area is 196 Å². The van der Waals surface area contributed by atoms with Gasteiger partial charge in [0.2, 0.25) is 0 Å². The van der Waals surface area contributed by atoms with Crippen molar-refractivity contribution >= 4 is 45.5 Å². The summed E-state index contributed by atoms with van der Waals surface area (Å²) >= 11 is 2.30. The summed E-state index contributed by atoms with van der Waals surface area (Å²) in [4.78, 5) is 11.1. The molecule has 0 fully saturated rings. The molecule has 3 nitrogen and oxygen atoms in total. The zero-order valence-corrected chi connectivity index (χ0v) is 24.3. The number of carbonyl (C=O) groups is 1. The van der Waals surface area contributed by atoms with E-state index in [1.54, 1.807) is 0 Å². The molecule has 0 bridgehead atoms. The molecule has 3 atom stereocenters. The molecule has 0 N–H and O–H groups in total. The van der Waals surface area contributed by atoms with Gasteiger partial charge in [-0.2, -0.15) is 0 Å². The van der Waals surface area contributed by atoms with E-state index in [1.807, 2.05) is 13.0 Å². The molecular formula is C23H45IO3Si2. The van der Waals surface area contributed by atoms with Crippen molar-refractivity contribution in [1.82, 2.24) is 0 Å². The fourth-order valence-corrected chi connectivity index (χ4v) is 10.2. The van der Waals surface area contributed by atoms with Crippen molar-refractivity contribution in [2.45, 2.75) is 110 Å². The van der Waals surface area contributed by atoms with Gasteiger partial charge < -0.3 is 8.85 Å². The zero-order chi connectivity index (χ0) is 22.5. The molecule has 29 heavy (non-hydrogen) atoms. The van der Waals surface area contributed by atoms with Crippen LogP contribution in [0.5, 0.6) is 0 Å². The summed E-state index contributed by atoms with van der Waals surface area (Å²) in [7, 11) is -3.50. The van der Waals surface area contributed by atoms with E-state index < -0.39 is 16.6 Å². The number of allylic oxidation sites excluding steroid dienone is 1. The van der Waals surface area contributed by atoms with E-state index in [9.17, 15) is 4.79 Å². The molecule has 0 aromatic carbocycles. The Balaban J connectivity index is 5.91. The molecule has 0 aliphatic carbocycles. The van der Waals surface area contributed by atoms with Crippen molar-refractivity contribution in [2.75, 3.05) is 0 Å². The van der Waals surface area contributed by atoms with E-state index in [0.717, 1.165) is 54.5 Å². The van der Waals surface area contributed by atoms with Crippen LogP contribution in [0, 0.1) is 5.92 Å². The van der Waals surface area contributed by atoms with Gasteiger partial charge in [-0.1, -0.05) is 83.2 Å². The highest BCUT2D eigenvalue weighted by atomic mass is 127. The third-order valence-corrected chi connectivity index (χ3v) is 16.6. The maximum Gasteiger partial charge on any atom is 0.192 e. The van der Waals surface area contributed by atoms with Crippen LogP contribution in [-0.4, -0.2) is 35.1 Å². The second-order valence-electron chi connectivity index (χ2n) is 8.21. The largest absolute Gasteiger partial charge is 0.413 e. The summed E-state index contributed by atoms with van der Waals surface area (Å²) in [6, 6.07) is 6.82. The van der Waals surface area contributed by atoms with Gasteiger partial charge in [0, 0.05) is 5.92 Å². The molecule has 0 spiro atoms. The van der Waals surface area contributed by atoms with Crippen molar-refractivity contribution in [2.24, 2.45) is 5.92 Å². The fourth-order valence-electron chi connectivity index (χ4n) is 3.94. The molecule has 0 aliphatic rings. The molecule has 170 valence electrons. The van der Waals surface area contributed by atoms with Gasteiger partial charge >= 0.3 is 0 Å². The molecular weight excluding hydrogens is 507 g/mol. The lowest BCUT2D eigenvalue weighted by Gasteiger charge is -2.40. The average molecular weight is 553 g/mol. The second-order valence-corrected chi connectivity index (χ2v) is 18.4. The van der Waals surface area contributed by atoms with E-state index in [-0.39, 0.29) is 18.1 Å². The lowest BCUT2D eigenvalue weighted by Crippen LogP contribution is -2.47. The molecule has 0 heterocycles. The molecule has 0 aliphatic heterocycles. The van der Waals surface area contributed by atoms with Crippen LogP contribution in [-0.2, 0) is 13.6 Å². The first kappa shape index (κ1) is 29.2. The zero-order valence-electron chi connectivity index (χ0n) is 20.1. The number of hydrogen-bond acceptors (Lipinski definition) is 3. The number of halogens is 1. The van der Waals surface area contributed by atoms with Crippen LogP contribution in [0.2, 0.25) is 36.3 Å². The van der Waals surface area contributed by atoms with Crippen molar-refractivity contribution in [3.8, 4) is 0 Å². The van der Waals surface area contributed by atoms with Gasteiger partial charge in [0.15, 0.2) is 16.6 Å². The summed E-state index contributed by atoms with van der Waals surface area (Å²) in [6.45, 7) is 17.8. The first-order valence-electron chi connectivity index (χ1n) is 11.5. The van der Waals surface area contributed by atoms with Gasteiger partial charge in [0.1, 0.15) is 6.29 Å². The van der Waals surface area contributed by atoms with E-state index in [1.165, 1.54) is 0 Å². The van der Waals surface area contributed by atoms with Gasteiger partial charge in [-0.15, -0.1) is 0 Å². The van der Waals surface area contributed by atoms with Crippen LogP contribution in [0.1, 0.15) is 61.8 Å². The normalized spacial score (nSPS) is 16.8. The minimum atomic E-state index is -1.77. The summed E-state index contributed by atoms with van der Waals surface area (Å²) in [5, 5.41) is 0. The van der Waals surface area contributed by atoms with Crippen molar-refractivity contribution < 1.29 is 13.6 Å². The third-order valence-electron chi connectivity index (χ3n) is 6.88. The number of carbonyl (C=O) groups excluding carboxylic acids is 1. The number of aldehydes is 1. The summed E-state index contributed by atoms with van der Waals surface area (Å²) in [5.41, 5.74) is 0.781. The molecule has 0 rings (SSSR count). The minimum Gasteiger partial charge on any atom is -0.413 e. The summed E-state index contributed by atoms with van der Waals surface area (Å²) < 4.78 is 16.0. The monoisotopic (exact) mass is 552 g/mol. The van der Waals surface area contributed by atoms with E-state index in [4.69, 9.17) is 8.85 Å². The Kier molecular flexibility index (Phi) is 15.2. The molecule has 6 heteroatoms. The van der Waals surface area contributed by atoms with Crippen LogP contribution < -0.4 is 0 Å². The molecule has 0 amide bonds. The van der Waals surface area contributed by atoms with Crippen LogP contribution in [0.25, 0.3) is 0 Å². The summed E-state index contributed by atoms with van der Waals surface area (Å²) in [6.07, 6.45) is 6.11. The van der Waals surface area contributed by atoms with Crippen LogP contribution in [0.15, 0.2) is 21.8 Å². The Bertz CT molecular complexity index is 498. The lowest BCUT2D eigenvalue weighted by atomic mass is 9.95. The Hall–Kier alpha value is 0.234. The molecule has 0 radical (unpaired) electrons. The van der Waals surface area contributed by atoms with Crippen LogP contribution >= 0.6 is 22.6 Å². The molecule has 0 aromatic rings. The van der Waals surface area contributed by atoms with Crippen molar-refractivity contribution in [1.29, 1.82) is 0 Å². The third kappa shape index (κ3) is 9.09. The summed E-state index contributed by atoms with van der Waals surface area (Å²) in [5.74, 6) is 0.241. The molecule has 0 saturated heterocycles. The molecule has 0 aromatic heterocycles. The van der Waals surface area contributed by atoms with Crippen molar-refractivity contribution in [3.05, 3.63) is 21.8 Å². The Morgan fingerprint density at radius 2 is 1.34 bits per heavy atom. The van der Waals surface area contributed by atoms with Crippen molar-refractivity contribution in [3.63, 3.8) is 0 Å². The number of rotatable bonds is 16. The second kappa shape index (κ2) is 15.1. The van der Waals surface area contributed by atoms with Gasteiger partial charge in [0.05, 0.1) is 12.2 Å². The van der Waals surface area contributed by atoms with E-state index in [2.05, 4.69) is 81.2 Å². The SMILES string of the molecule is CC[Si](CC)(CC)O[C@H](/C=C\I)[C@H](C)[C@@H](C/C=C(\C)C=O)O[Si](CC)(CC)CC. The fraction of sp³-hybridized carbons (Fsp3) is 0.783. The van der Waals surface area contributed by atoms with E-state index in [0.29, 0.717) is 0 Å². The van der Waals surface area contributed by atoms with Gasteiger partial charge in [-0.05, 0) is 59.3 Å². The smallest absolute Gasteiger partial charge is 0.192 e. The van der Waals surface area contributed by atoms with Crippen LogP contribution in [0.4, 0.5) is 0 Å². The predicted octanol–water partition coefficient (Wildman–Crippen LogP) is 7.89. The molecule has 0 saturated carbocycles. The average Bonchev–Trinajstić information content (AvgIpc) is 2.77. The van der Waals surface area contributed by atoms with Gasteiger partial charge in [0.25, 0.3) is 0 Å². The highest BCUT2D eigenvalue weighted by molar-refractivity contribution is 14.1. The van der Waals surface area contributed by atoms with Crippen LogP contribution in [0.3, 0.4) is 0 Å². The molecule has 0 unspecified atom stereocenters. The highest BCUT2D eigenvalue weighted by Gasteiger charge is 2.38.